The zero-order valence-electron chi connectivity index (χ0n) is 17.9. The Morgan fingerprint density at radius 3 is 2.28 bits per heavy atom. The van der Waals surface area contributed by atoms with Crippen molar-refractivity contribution in [2.75, 3.05) is 13.1 Å². The molecule has 1 fully saturated rings. The molecule has 2 aromatic rings. The molecule has 1 atom stereocenters. The Labute approximate surface area is 194 Å². The molecule has 2 nitrogen and oxygen atoms in total. The normalized spacial score (nSPS) is 15.2. The molecule has 0 aliphatic carbocycles. The number of rotatable bonds is 4. The van der Waals surface area contributed by atoms with E-state index in [1.165, 1.54) is 48.8 Å². The molecule has 3 rings (SSSR count). The Bertz CT molecular complexity index is 789. The minimum absolute atomic E-state index is 0.0883. The first-order valence-corrected chi connectivity index (χ1v) is 15.4. The standard InChI is InChI=1S/C23H32NOP.2ClH.Ti/c1-17-14-19(23(2,3)4)15-21(22(17)25)26-20-11-7-6-10-18(20)16-24-12-8-5-9-13-24;;;/h6-7,10-11,14-15,25-26H,5,8-9,12-13,16H2,1-4H3;2*1H;/q;;;+2/p-2. The summed E-state index contributed by atoms with van der Waals surface area (Å²) in [6, 6.07) is 13.1. The molecular weight excluding hydrogens is 456 g/mol. The van der Waals surface area contributed by atoms with Crippen LogP contribution in [0.2, 0.25) is 0 Å². The summed E-state index contributed by atoms with van der Waals surface area (Å²) in [5.41, 5.74) is 3.77. The monoisotopic (exact) mass is 487 g/mol. The summed E-state index contributed by atoms with van der Waals surface area (Å²) < 4.78 is 0. The number of hydrogen-bond acceptors (Lipinski definition) is 2. The molecule has 0 bridgehead atoms. The molecule has 0 radical (unpaired) electrons. The third kappa shape index (κ3) is 7.84. The van der Waals surface area contributed by atoms with Gasteiger partial charge in [0.05, 0.1) is 0 Å². The van der Waals surface area contributed by atoms with Crippen LogP contribution >= 0.6 is 27.2 Å². The van der Waals surface area contributed by atoms with Gasteiger partial charge in [0.2, 0.25) is 0 Å². The SMILES string of the molecule is Cc1cc(C(C)(C)C)cc(Pc2ccccc2CN2CCCCC2)c1O.[Cl][Ti][Cl]. The molecule has 1 saturated heterocycles. The summed E-state index contributed by atoms with van der Waals surface area (Å²) in [5, 5.41) is 13.1. The van der Waals surface area contributed by atoms with Crippen LogP contribution < -0.4 is 10.6 Å². The maximum absolute atomic E-state index is 10.7. The fourth-order valence-corrected chi connectivity index (χ4v) is 4.93. The van der Waals surface area contributed by atoms with Crippen molar-refractivity contribution in [2.24, 2.45) is 0 Å². The first kappa shape index (κ1) is 25.2. The molecule has 1 aliphatic rings. The van der Waals surface area contributed by atoms with E-state index in [-0.39, 0.29) is 5.41 Å². The van der Waals surface area contributed by atoms with Gasteiger partial charge in [-0.25, -0.2) is 0 Å². The average Bonchev–Trinajstić information content (AvgIpc) is 2.67. The summed E-state index contributed by atoms with van der Waals surface area (Å²) in [4.78, 5) is 2.57. The van der Waals surface area contributed by atoms with Gasteiger partial charge in [0.25, 0.3) is 0 Å². The van der Waals surface area contributed by atoms with Gasteiger partial charge >= 0.3 is 35.6 Å². The molecule has 6 heteroatoms. The molecule has 0 saturated carbocycles. The molecule has 1 unspecified atom stereocenters. The quantitative estimate of drug-likeness (QED) is 0.423. The molecule has 0 aromatic heterocycles. The number of likely N-dealkylation sites (tertiary alicyclic amines) is 1. The van der Waals surface area contributed by atoms with Gasteiger partial charge in [0, 0.05) is 11.8 Å². The van der Waals surface area contributed by atoms with Gasteiger partial charge in [0.1, 0.15) is 5.75 Å². The van der Waals surface area contributed by atoms with Crippen molar-refractivity contribution in [3.63, 3.8) is 0 Å². The predicted octanol–water partition coefficient (Wildman–Crippen LogP) is 5.99. The Morgan fingerprint density at radius 2 is 1.66 bits per heavy atom. The summed E-state index contributed by atoms with van der Waals surface area (Å²) in [7, 11) is 10.3. The predicted molar refractivity (Wildman–Crippen MR) is 126 cm³/mol. The van der Waals surface area contributed by atoms with E-state index in [1.54, 1.807) is 0 Å². The van der Waals surface area contributed by atoms with Crippen molar-refractivity contribution in [3.05, 3.63) is 53.1 Å². The van der Waals surface area contributed by atoms with Gasteiger partial charge in [-0.15, -0.1) is 0 Å². The molecule has 158 valence electrons. The van der Waals surface area contributed by atoms with E-state index >= 15 is 0 Å². The number of hydrogen-bond donors (Lipinski definition) is 1. The van der Waals surface area contributed by atoms with Crippen LogP contribution in [-0.4, -0.2) is 23.1 Å². The number of piperidine rings is 1. The number of phenols is 1. The summed E-state index contributed by atoms with van der Waals surface area (Å²) in [6.45, 7) is 12.2. The molecule has 1 heterocycles. The van der Waals surface area contributed by atoms with Gasteiger partial charge in [-0.05, 0) is 66.3 Å². The number of phenolic OH excluding ortho intramolecular Hbond substituents is 1. The van der Waals surface area contributed by atoms with Crippen LogP contribution in [0.25, 0.3) is 0 Å². The first-order valence-electron chi connectivity index (χ1n) is 10.1. The number of nitrogens with zero attached hydrogens (tertiary/aromatic N) is 1. The van der Waals surface area contributed by atoms with E-state index in [9.17, 15) is 5.11 Å². The average molecular weight is 488 g/mol. The number of aryl methyl sites for hydroxylation is 1. The zero-order chi connectivity index (χ0) is 21.4. The molecule has 0 spiro atoms. The van der Waals surface area contributed by atoms with Crippen molar-refractivity contribution in [1.29, 1.82) is 0 Å². The number of aromatic hydroxyl groups is 1. The zero-order valence-corrected chi connectivity index (χ0v) is 21.9. The van der Waals surface area contributed by atoms with Gasteiger partial charge in [0.15, 0.2) is 0 Å². The maximum atomic E-state index is 10.7. The Hall–Kier alpha value is -0.0757. The van der Waals surface area contributed by atoms with E-state index in [1.807, 2.05) is 6.92 Å². The van der Waals surface area contributed by atoms with Crippen LogP contribution in [0, 0.1) is 6.92 Å². The van der Waals surface area contributed by atoms with Crippen molar-refractivity contribution >= 4 is 37.8 Å². The fourth-order valence-electron chi connectivity index (χ4n) is 3.59. The van der Waals surface area contributed by atoms with Crippen molar-refractivity contribution < 1.29 is 22.1 Å². The third-order valence-electron chi connectivity index (χ3n) is 5.30. The van der Waals surface area contributed by atoms with Crippen LogP contribution in [-0.2, 0) is 29.0 Å². The third-order valence-corrected chi connectivity index (χ3v) is 6.70. The summed E-state index contributed by atoms with van der Waals surface area (Å²) in [5.74, 6) is 0.462. The van der Waals surface area contributed by atoms with E-state index < -0.39 is 17.0 Å². The van der Waals surface area contributed by atoms with Gasteiger partial charge in [-0.1, -0.05) is 66.1 Å². The molecule has 1 N–H and O–H groups in total. The van der Waals surface area contributed by atoms with Gasteiger partial charge in [-0.3, -0.25) is 4.90 Å². The van der Waals surface area contributed by atoms with Crippen LogP contribution in [0.15, 0.2) is 36.4 Å². The molecule has 29 heavy (non-hydrogen) atoms. The molecular formula is C23H32Cl2NOPTi. The van der Waals surface area contributed by atoms with E-state index in [4.69, 9.17) is 18.6 Å². The number of benzene rings is 2. The molecule has 2 aromatic carbocycles. The van der Waals surface area contributed by atoms with Crippen molar-refractivity contribution in [2.45, 2.75) is 58.9 Å². The minimum atomic E-state index is -0.556. The molecule has 1 aliphatic heterocycles. The van der Waals surface area contributed by atoms with E-state index in [0.29, 0.717) is 14.3 Å². The van der Waals surface area contributed by atoms with Crippen LogP contribution in [0.3, 0.4) is 0 Å². The van der Waals surface area contributed by atoms with E-state index in [0.717, 1.165) is 17.4 Å². The fraction of sp³-hybridized carbons (Fsp3) is 0.478. The summed E-state index contributed by atoms with van der Waals surface area (Å²) >= 11 is -0.556. The second-order valence-corrected chi connectivity index (χ2v) is 12.5. The molecule has 0 amide bonds. The summed E-state index contributed by atoms with van der Waals surface area (Å²) in [6.07, 6.45) is 4.00. The van der Waals surface area contributed by atoms with Crippen LogP contribution in [0.4, 0.5) is 0 Å². The van der Waals surface area contributed by atoms with Gasteiger partial charge in [-0.2, -0.15) is 0 Å². The van der Waals surface area contributed by atoms with Crippen molar-refractivity contribution in [1.82, 2.24) is 4.90 Å². The second-order valence-electron chi connectivity index (χ2n) is 8.63. The topological polar surface area (TPSA) is 23.5 Å². The number of halogens is 2. The Balaban J connectivity index is 0.000000941. The first-order chi connectivity index (χ1) is 13.8. The second kappa shape index (κ2) is 12.1. The van der Waals surface area contributed by atoms with Crippen LogP contribution in [0.1, 0.15) is 56.7 Å². The van der Waals surface area contributed by atoms with Crippen LogP contribution in [0.5, 0.6) is 5.75 Å². The Morgan fingerprint density at radius 1 is 1.03 bits per heavy atom. The Kier molecular flexibility index (Phi) is 10.5. The van der Waals surface area contributed by atoms with Crippen molar-refractivity contribution in [3.8, 4) is 5.75 Å². The van der Waals surface area contributed by atoms with Gasteiger partial charge < -0.3 is 5.11 Å². The van der Waals surface area contributed by atoms with E-state index in [2.05, 4.69) is 62.1 Å².